The molecule has 0 amide bonds. The third kappa shape index (κ3) is 3.73. The summed E-state index contributed by atoms with van der Waals surface area (Å²) in [6.07, 6.45) is 3.18. The quantitative estimate of drug-likeness (QED) is 0.513. The zero-order valence-electron chi connectivity index (χ0n) is 9.12. The minimum atomic E-state index is -0.204. The van der Waals surface area contributed by atoms with Crippen molar-refractivity contribution < 1.29 is 19.1 Å². The van der Waals surface area contributed by atoms with Gasteiger partial charge in [-0.05, 0) is 11.6 Å². The Morgan fingerprint density at radius 3 is 2.47 bits per heavy atom. The van der Waals surface area contributed by atoms with Crippen LogP contribution < -0.4 is 0 Å². The predicted octanol–water partition coefficient (Wildman–Crippen LogP) is 1.59. The molecule has 84 valence electrons. The summed E-state index contributed by atoms with van der Waals surface area (Å²) in [7, 11) is 0. The first-order chi connectivity index (χ1) is 7.15. The molecule has 0 bridgehead atoms. The van der Waals surface area contributed by atoms with Gasteiger partial charge in [0.25, 0.3) is 0 Å². The fourth-order valence-corrected chi connectivity index (χ4v) is 1.20. The predicted molar refractivity (Wildman–Crippen MR) is 54.1 cm³/mol. The van der Waals surface area contributed by atoms with Crippen LogP contribution in [0.1, 0.15) is 33.1 Å². The summed E-state index contributed by atoms with van der Waals surface area (Å²) in [5, 5.41) is 0. The first-order valence-electron chi connectivity index (χ1n) is 5.20. The zero-order chi connectivity index (χ0) is 11.3. The Bertz CT molecular complexity index is 280. The molecule has 4 heteroatoms. The van der Waals surface area contributed by atoms with Crippen molar-refractivity contribution in [1.82, 2.24) is 0 Å². The first-order valence-corrected chi connectivity index (χ1v) is 5.20. The average Bonchev–Trinajstić information content (AvgIpc) is 2.20. The van der Waals surface area contributed by atoms with Crippen LogP contribution in [0.25, 0.3) is 0 Å². The molecule has 0 radical (unpaired) electrons. The second-order valence-corrected chi connectivity index (χ2v) is 3.43. The van der Waals surface area contributed by atoms with E-state index in [9.17, 15) is 9.59 Å². The average molecular weight is 212 g/mol. The van der Waals surface area contributed by atoms with E-state index >= 15 is 0 Å². The van der Waals surface area contributed by atoms with E-state index in [0.29, 0.717) is 25.9 Å². The van der Waals surface area contributed by atoms with Crippen LogP contribution in [-0.2, 0) is 19.1 Å². The first kappa shape index (κ1) is 11.8. The molecule has 1 unspecified atom stereocenters. The van der Waals surface area contributed by atoms with Crippen molar-refractivity contribution in [1.29, 1.82) is 0 Å². The fraction of sp³-hybridized carbons (Fsp3) is 0.636. The zero-order valence-corrected chi connectivity index (χ0v) is 9.12. The molecule has 1 aliphatic carbocycles. The molecule has 0 N–H and O–H groups in total. The van der Waals surface area contributed by atoms with E-state index in [-0.39, 0.29) is 18.0 Å². The highest BCUT2D eigenvalue weighted by Crippen LogP contribution is 2.22. The van der Waals surface area contributed by atoms with Crippen molar-refractivity contribution in [2.75, 3.05) is 6.61 Å². The van der Waals surface area contributed by atoms with E-state index in [0.717, 1.165) is 5.57 Å². The standard InChI is InChI=1S/C11H16O4/c1-3-10(12)14-7-8-5-9(6-8)15-11(13)4-2/h5,9H,3-4,6-7H2,1-2H3. The SMILES string of the molecule is CCC(=O)OCC1=CC(OC(=O)CC)C1. The van der Waals surface area contributed by atoms with Crippen LogP contribution in [0.5, 0.6) is 0 Å². The summed E-state index contributed by atoms with van der Waals surface area (Å²) < 4.78 is 9.97. The maximum atomic E-state index is 10.9. The second kappa shape index (κ2) is 5.53. The Morgan fingerprint density at radius 2 is 1.93 bits per heavy atom. The van der Waals surface area contributed by atoms with Gasteiger partial charge in [-0.2, -0.15) is 0 Å². The van der Waals surface area contributed by atoms with Crippen LogP contribution in [0.15, 0.2) is 11.6 Å². The van der Waals surface area contributed by atoms with E-state index in [1.165, 1.54) is 0 Å². The molecule has 1 aliphatic rings. The van der Waals surface area contributed by atoms with Gasteiger partial charge >= 0.3 is 11.9 Å². The van der Waals surface area contributed by atoms with Crippen LogP contribution in [-0.4, -0.2) is 24.6 Å². The number of hydrogen-bond acceptors (Lipinski definition) is 4. The lowest BCUT2D eigenvalue weighted by atomic mass is 9.96. The lowest BCUT2D eigenvalue weighted by molar-refractivity contribution is -0.148. The summed E-state index contributed by atoms with van der Waals surface area (Å²) in [4.78, 5) is 21.7. The van der Waals surface area contributed by atoms with Crippen molar-refractivity contribution >= 4 is 11.9 Å². The number of rotatable bonds is 5. The summed E-state index contributed by atoms with van der Waals surface area (Å²) in [6, 6.07) is 0. The highest BCUT2D eigenvalue weighted by molar-refractivity contribution is 5.70. The fourth-order valence-electron chi connectivity index (χ4n) is 1.20. The molecule has 1 atom stereocenters. The number of hydrogen-bond donors (Lipinski definition) is 0. The van der Waals surface area contributed by atoms with Crippen LogP contribution in [0.2, 0.25) is 0 Å². The van der Waals surface area contributed by atoms with Gasteiger partial charge in [0.15, 0.2) is 0 Å². The van der Waals surface area contributed by atoms with Gasteiger partial charge in [-0.25, -0.2) is 0 Å². The Morgan fingerprint density at radius 1 is 1.33 bits per heavy atom. The van der Waals surface area contributed by atoms with E-state index in [1.54, 1.807) is 13.8 Å². The van der Waals surface area contributed by atoms with Gasteiger partial charge in [-0.15, -0.1) is 0 Å². The third-order valence-corrected chi connectivity index (χ3v) is 2.16. The van der Waals surface area contributed by atoms with Crippen molar-refractivity contribution in [3.05, 3.63) is 11.6 Å². The molecule has 0 aromatic carbocycles. The maximum absolute atomic E-state index is 10.9. The molecule has 0 saturated carbocycles. The molecule has 0 fully saturated rings. The Kier molecular flexibility index (Phi) is 4.34. The molecule has 0 saturated heterocycles. The van der Waals surface area contributed by atoms with E-state index in [2.05, 4.69) is 0 Å². The normalized spacial score (nSPS) is 18.8. The van der Waals surface area contributed by atoms with E-state index in [4.69, 9.17) is 9.47 Å². The minimum absolute atomic E-state index is 0.118. The number of carbonyl (C=O) groups is 2. The molecular weight excluding hydrogens is 196 g/mol. The van der Waals surface area contributed by atoms with Crippen LogP contribution in [0, 0.1) is 0 Å². The molecule has 4 nitrogen and oxygen atoms in total. The maximum Gasteiger partial charge on any atom is 0.306 e. The summed E-state index contributed by atoms with van der Waals surface area (Å²) >= 11 is 0. The van der Waals surface area contributed by atoms with Gasteiger partial charge < -0.3 is 9.47 Å². The molecule has 0 spiro atoms. The van der Waals surface area contributed by atoms with Crippen molar-refractivity contribution in [3.8, 4) is 0 Å². The summed E-state index contributed by atoms with van der Waals surface area (Å²) in [5.74, 6) is -0.397. The Hall–Kier alpha value is -1.32. The number of carbonyl (C=O) groups excluding carboxylic acids is 2. The highest BCUT2D eigenvalue weighted by Gasteiger charge is 2.22. The molecule has 0 aliphatic heterocycles. The van der Waals surface area contributed by atoms with Crippen LogP contribution >= 0.6 is 0 Å². The summed E-state index contributed by atoms with van der Waals surface area (Å²) in [5.41, 5.74) is 1.02. The van der Waals surface area contributed by atoms with Gasteiger partial charge in [0.2, 0.25) is 0 Å². The lowest BCUT2D eigenvalue weighted by Gasteiger charge is -2.24. The molecular formula is C11H16O4. The molecule has 0 heterocycles. The smallest absolute Gasteiger partial charge is 0.306 e. The van der Waals surface area contributed by atoms with Gasteiger partial charge in [0.05, 0.1) is 0 Å². The molecule has 15 heavy (non-hydrogen) atoms. The molecule has 0 aromatic rings. The number of esters is 2. The third-order valence-electron chi connectivity index (χ3n) is 2.16. The van der Waals surface area contributed by atoms with Crippen LogP contribution in [0.3, 0.4) is 0 Å². The van der Waals surface area contributed by atoms with E-state index < -0.39 is 0 Å². The van der Waals surface area contributed by atoms with Crippen LogP contribution in [0.4, 0.5) is 0 Å². The Balaban J connectivity index is 2.18. The second-order valence-electron chi connectivity index (χ2n) is 3.43. The number of ether oxygens (including phenoxy) is 2. The monoisotopic (exact) mass is 212 g/mol. The largest absolute Gasteiger partial charge is 0.461 e. The molecule has 0 aromatic heterocycles. The van der Waals surface area contributed by atoms with Gasteiger partial charge in [-0.1, -0.05) is 13.8 Å². The highest BCUT2D eigenvalue weighted by atomic mass is 16.5. The topological polar surface area (TPSA) is 52.6 Å². The van der Waals surface area contributed by atoms with Crippen molar-refractivity contribution in [2.24, 2.45) is 0 Å². The van der Waals surface area contributed by atoms with Crippen molar-refractivity contribution in [3.63, 3.8) is 0 Å². The van der Waals surface area contributed by atoms with E-state index in [1.807, 2.05) is 6.08 Å². The van der Waals surface area contributed by atoms with Gasteiger partial charge in [-0.3, -0.25) is 9.59 Å². The summed E-state index contributed by atoms with van der Waals surface area (Å²) in [6.45, 7) is 3.84. The minimum Gasteiger partial charge on any atom is -0.461 e. The molecule has 1 rings (SSSR count). The van der Waals surface area contributed by atoms with Gasteiger partial charge in [0, 0.05) is 19.3 Å². The van der Waals surface area contributed by atoms with Crippen molar-refractivity contribution in [2.45, 2.75) is 39.2 Å². The Labute approximate surface area is 89.2 Å². The van der Waals surface area contributed by atoms with Gasteiger partial charge in [0.1, 0.15) is 12.7 Å². The lowest BCUT2D eigenvalue weighted by Crippen LogP contribution is -2.25.